The summed E-state index contributed by atoms with van der Waals surface area (Å²) in [5.41, 5.74) is 6.13. The Labute approximate surface area is 181 Å². The van der Waals surface area contributed by atoms with Crippen LogP contribution in [0, 0.1) is 0 Å². The van der Waals surface area contributed by atoms with Crippen LogP contribution in [0.4, 0.5) is 13.2 Å². The van der Waals surface area contributed by atoms with Gasteiger partial charge in [0, 0.05) is 43.7 Å². The molecule has 2 aliphatic rings. The van der Waals surface area contributed by atoms with E-state index in [0.717, 1.165) is 5.57 Å². The quantitative estimate of drug-likeness (QED) is 0.750. The van der Waals surface area contributed by atoms with Gasteiger partial charge in [-0.1, -0.05) is 0 Å². The zero-order valence-electron chi connectivity index (χ0n) is 17.4. The van der Waals surface area contributed by atoms with Crippen molar-refractivity contribution in [3.05, 3.63) is 47.0 Å². The van der Waals surface area contributed by atoms with E-state index in [9.17, 15) is 22.8 Å². The van der Waals surface area contributed by atoms with Gasteiger partial charge in [0.25, 0.3) is 0 Å². The third-order valence-corrected chi connectivity index (χ3v) is 5.44. The number of carbonyl (C=O) groups is 2. The Balaban J connectivity index is 1.49. The van der Waals surface area contributed by atoms with Crippen molar-refractivity contribution in [2.24, 2.45) is 5.73 Å². The molecule has 2 aliphatic heterocycles. The lowest BCUT2D eigenvalue weighted by molar-refractivity contribution is -0.142. The van der Waals surface area contributed by atoms with Crippen LogP contribution in [0.25, 0.3) is 11.6 Å². The lowest BCUT2D eigenvalue weighted by atomic mass is 10.0. The van der Waals surface area contributed by atoms with Gasteiger partial charge in [-0.25, -0.2) is 9.97 Å². The molecular weight excluding hydrogens is 427 g/mol. The van der Waals surface area contributed by atoms with Gasteiger partial charge in [-0.3, -0.25) is 9.59 Å². The van der Waals surface area contributed by atoms with Crippen molar-refractivity contribution in [1.29, 1.82) is 0 Å². The van der Waals surface area contributed by atoms with Crippen molar-refractivity contribution in [2.75, 3.05) is 19.6 Å². The predicted molar refractivity (Wildman–Crippen MR) is 107 cm³/mol. The van der Waals surface area contributed by atoms with Crippen LogP contribution >= 0.6 is 0 Å². The number of rotatable bonds is 5. The summed E-state index contributed by atoms with van der Waals surface area (Å²) < 4.78 is 46.0. The fourth-order valence-corrected chi connectivity index (χ4v) is 3.98. The first-order valence-corrected chi connectivity index (χ1v) is 10.1. The molecule has 0 radical (unpaired) electrons. The van der Waals surface area contributed by atoms with Gasteiger partial charge in [-0.15, -0.1) is 0 Å². The molecule has 0 fully saturated rings. The maximum atomic E-state index is 13.6. The average Bonchev–Trinajstić information content (AvgIpc) is 3.35. The molecule has 0 aromatic carbocycles. The highest BCUT2D eigenvalue weighted by Gasteiger charge is 2.39. The largest absolute Gasteiger partial charge is 0.461 e. The third-order valence-electron chi connectivity index (χ3n) is 5.44. The highest BCUT2D eigenvalue weighted by molar-refractivity contribution is 5.91. The van der Waals surface area contributed by atoms with Crippen LogP contribution < -0.4 is 5.73 Å². The highest BCUT2D eigenvalue weighted by atomic mass is 19.4. The number of nitrogens with zero attached hydrogens (tertiary/aromatic N) is 4. The molecule has 0 unspecified atom stereocenters. The number of amides is 2. The van der Waals surface area contributed by atoms with E-state index in [4.69, 9.17) is 10.2 Å². The van der Waals surface area contributed by atoms with Crippen molar-refractivity contribution in [1.82, 2.24) is 19.8 Å². The number of hydrogen-bond donors (Lipinski definition) is 1. The molecule has 32 heavy (non-hydrogen) atoms. The van der Waals surface area contributed by atoms with Crippen LogP contribution in [0.5, 0.6) is 0 Å². The summed E-state index contributed by atoms with van der Waals surface area (Å²) in [4.78, 5) is 35.6. The molecule has 0 saturated carbocycles. The highest BCUT2D eigenvalue weighted by Crippen LogP contribution is 2.35. The maximum Gasteiger partial charge on any atom is 0.433 e. The Morgan fingerprint density at radius 3 is 2.72 bits per heavy atom. The Morgan fingerprint density at radius 1 is 1.31 bits per heavy atom. The van der Waals surface area contributed by atoms with Crippen LogP contribution in [0.2, 0.25) is 0 Å². The predicted octanol–water partition coefficient (Wildman–Crippen LogP) is 2.15. The van der Waals surface area contributed by atoms with E-state index in [1.54, 1.807) is 4.90 Å². The summed E-state index contributed by atoms with van der Waals surface area (Å²) in [6.45, 7) is 2.57. The molecule has 0 spiro atoms. The van der Waals surface area contributed by atoms with E-state index >= 15 is 0 Å². The van der Waals surface area contributed by atoms with Crippen LogP contribution in [0.1, 0.15) is 30.3 Å². The number of furan rings is 1. The maximum absolute atomic E-state index is 13.6. The second kappa shape index (κ2) is 8.38. The minimum atomic E-state index is -4.66. The zero-order chi connectivity index (χ0) is 23.0. The van der Waals surface area contributed by atoms with Crippen molar-refractivity contribution >= 4 is 11.8 Å². The van der Waals surface area contributed by atoms with E-state index in [0.29, 0.717) is 6.54 Å². The van der Waals surface area contributed by atoms with E-state index in [2.05, 4.69) is 9.97 Å². The number of aromatic nitrogens is 2. The van der Waals surface area contributed by atoms with Gasteiger partial charge in [0.15, 0.2) is 17.3 Å². The summed E-state index contributed by atoms with van der Waals surface area (Å²) in [7, 11) is 0. The third kappa shape index (κ3) is 4.52. The van der Waals surface area contributed by atoms with Gasteiger partial charge in [0.05, 0.1) is 18.5 Å². The van der Waals surface area contributed by atoms with Crippen molar-refractivity contribution in [2.45, 2.75) is 38.5 Å². The van der Waals surface area contributed by atoms with Crippen LogP contribution in [0.3, 0.4) is 0 Å². The summed E-state index contributed by atoms with van der Waals surface area (Å²) >= 11 is 0. The molecule has 0 aliphatic carbocycles. The summed E-state index contributed by atoms with van der Waals surface area (Å²) in [5, 5.41) is 0. The molecule has 2 aromatic heterocycles. The van der Waals surface area contributed by atoms with Gasteiger partial charge in [0.2, 0.25) is 11.8 Å². The number of alkyl halides is 3. The molecule has 4 rings (SSSR count). The van der Waals surface area contributed by atoms with E-state index in [1.165, 1.54) is 29.4 Å². The smallest absolute Gasteiger partial charge is 0.433 e. The fraction of sp³-hybridized carbons (Fsp3) is 0.429. The SMILES string of the molecule is CC1=CC(=O)N(C[C@H](N)CC(=O)N2CCc3c(nc(-c4ccco4)nc3C(F)(F)F)C2)C1. The molecule has 2 amide bonds. The Kier molecular flexibility index (Phi) is 5.76. The Hall–Kier alpha value is -3.21. The van der Waals surface area contributed by atoms with Gasteiger partial charge in [0.1, 0.15) is 0 Å². The number of fused-ring (bicyclic) bond motifs is 1. The van der Waals surface area contributed by atoms with Gasteiger partial charge in [-0.2, -0.15) is 13.2 Å². The molecular formula is C21H22F3N5O3. The first-order chi connectivity index (χ1) is 15.1. The Morgan fingerprint density at radius 2 is 2.09 bits per heavy atom. The lowest BCUT2D eigenvalue weighted by Crippen LogP contribution is -2.44. The second-order valence-electron chi connectivity index (χ2n) is 8.04. The van der Waals surface area contributed by atoms with Crippen LogP contribution in [-0.4, -0.2) is 57.3 Å². The molecule has 2 aromatic rings. The van der Waals surface area contributed by atoms with E-state index in [-0.39, 0.29) is 67.1 Å². The molecule has 2 N–H and O–H groups in total. The second-order valence-corrected chi connectivity index (χ2v) is 8.04. The minimum Gasteiger partial charge on any atom is -0.461 e. The normalized spacial score (nSPS) is 17.4. The van der Waals surface area contributed by atoms with Crippen molar-refractivity contribution < 1.29 is 27.2 Å². The summed E-state index contributed by atoms with van der Waals surface area (Å²) in [6, 6.07) is 2.43. The minimum absolute atomic E-state index is 0.00892. The number of hydrogen-bond acceptors (Lipinski definition) is 6. The monoisotopic (exact) mass is 449 g/mol. The standard InChI is InChI=1S/C21H22F3N5O3/c1-12-7-17(30)29(9-12)10-13(25)8-18(31)28-5-4-14-15(11-28)26-20(16-3-2-6-32-16)27-19(14)21(22,23)24/h2-3,6-7,13H,4-5,8-11,25H2,1H3/t13-/m1/s1. The fourth-order valence-electron chi connectivity index (χ4n) is 3.98. The summed E-state index contributed by atoms with van der Waals surface area (Å²) in [6.07, 6.45) is -1.84. The number of halogens is 3. The molecule has 11 heteroatoms. The molecule has 0 bridgehead atoms. The molecule has 4 heterocycles. The van der Waals surface area contributed by atoms with Crippen molar-refractivity contribution in [3.8, 4) is 11.6 Å². The molecule has 8 nitrogen and oxygen atoms in total. The first kappa shape index (κ1) is 22.0. The van der Waals surface area contributed by atoms with Gasteiger partial charge < -0.3 is 20.0 Å². The zero-order valence-corrected chi connectivity index (χ0v) is 17.4. The van der Waals surface area contributed by atoms with Crippen LogP contribution in [0.15, 0.2) is 34.5 Å². The molecule has 1 atom stereocenters. The lowest BCUT2D eigenvalue weighted by Gasteiger charge is -2.31. The number of carbonyl (C=O) groups excluding carboxylic acids is 2. The topological polar surface area (TPSA) is 106 Å². The van der Waals surface area contributed by atoms with Crippen LogP contribution in [-0.2, 0) is 28.7 Å². The van der Waals surface area contributed by atoms with E-state index in [1.807, 2.05) is 6.92 Å². The average molecular weight is 449 g/mol. The number of nitrogens with two attached hydrogens (primary N) is 1. The molecule has 0 saturated heterocycles. The van der Waals surface area contributed by atoms with E-state index < -0.39 is 17.9 Å². The van der Waals surface area contributed by atoms with Gasteiger partial charge in [-0.05, 0) is 31.1 Å². The van der Waals surface area contributed by atoms with Gasteiger partial charge >= 0.3 is 6.18 Å². The molecule has 170 valence electrons. The summed E-state index contributed by atoms with van der Waals surface area (Å²) in [5.74, 6) is -0.504. The van der Waals surface area contributed by atoms with Crippen molar-refractivity contribution in [3.63, 3.8) is 0 Å². The first-order valence-electron chi connectivity index (χ1n) is 10.1. The Bertz CT molecular complexity index is 1070.